The summed E-state index contributed by atoms with van der Waals surface area (Å²) in [5.41, 5.74) is 3.97. The predicted molar refractivity (Wildman–Crippen MR) is 71.8 cm³/mol. The molecule has 0 spiro atoms. The third-order valence-corrected chi connectivity index (χ3v) is 3.19. The molecule has 3 nitrogen and oxygen atoms in total. The first kappa shape index (κ1) is 10.5. The van der Waals surface area contributed by atoms with Crippen LogP contribution in [0.15, 0.2) is 41.0 Å². The zero-order valence-corrected chi connectivity index (χ0v) is 10.8. The third-order valence-electron chi connectivity index (χ3n) is 2.70. The van der Waals surface area contributed by atoms with Crippen LogP contribution in [-0.2, 0) is 0 Å². The lowest BCUT2D eigenvalue weighted by molar-refractivity contribution is 1.30. The van der Waals surface area contributed by atoms with Gasteiger partial charge in [-0.3, -0.25) is 0 Å². The van der Waals surface area contributed by atoms with Crippen LogP contribution in [0, 0.1) is 6.92 Å². The van der Waals surface area contributed by atoms with E-state index in [9.17, 15) is 0 Å². The summed E-state index contributed by atoms with van der Waals surface area (Å²) in [6.07, 6.45) is 1.78. The number of halogens is 1. The maximum Gasteiger partial charge on any atom is 0.178 e. The molecule has 1 aromatic carbocycles. The van der Waals surface area contributed by atoms with E-state index in [1.807, 2.05) is 37.3 Å². The normalized spacial score (nSPS) is 10.9. The van der Waals surface area contributed by atoms with Crippen LogP contribution in [0.25, 0.3) is 22.6 Å². The van der Waals surface area contributed by atoms with Gasteiger partial charge in [-0.15, -0.1) is 0 Å². The molecule has 3 aromatic rings. The van der Waals surface area contributed by atoms with E-state index in [0.717, 1.165) is 32.6 Å². The minimum Gasteiger partial charge on any atom is -0.336 e. The summed E-state index contributed by atoms with van der Waals surface area (Å²) >= 11 is 3.46. The average molecular weight is 288 g/mol. The SMILES string of the molecule is Cc1ccnc2nc(-c3cccc(Br)c3)[nH]c12. The van der Waals surface area contributed by atoms with Crippen LogP contribution in [-0.4, -0.2) is 15.0 Å². The van der Waals surface area contributed by atoms with Gasteiger partial charge in [0.2, 0.25) is 0 Å². The van der Waals surface area contributed by atoms with Gasteiger partial charge < -0.3 is 4.98 Å². The molecule has 4 heteroatoms. The molecule has 0 fully saturated rings. The largest absolute Gasteiger partial charge is 0.336 e. The highest BCUT2D eigenvalue weighted by molar-refractivity contribution is 9.10. The number of H-pyrrole nitrogens is 1. The average Bonchev–Trinajstić information content (AvgIpc) is 2.74. The van der Waals surface area contributed by atoms with Gasteiger partial charge >= 0.3 is 0 Å². The molecule has 0 bridgehead atoms. The number of pyridine rings is 1. The van der Waals surface area contributed by atoms with Crippen molar-refractivity contribution < 1.29 is 0 Å². The summed E-state index contributed by atoms with van der Waals surface area (Å²) in [6.45, 7) is 2.05. The zero-order valence-electron chi connectivity index (χ0n) is 9.24. The quantitative estimate of drug-likeness (QED) is 0.742. The van der Waals surface area contributed by atoms with Crippen molar-refractivity contribution in [3.05, 3.63) is 46.6 Å². The Labute approximate surface area is 107 Å². The highest BCUT2D eigenvalue weighted by atomic mass is 79.9. The molecule has 0 aliphatic rings. The number of hydrogen-bond donors (Lipinski definition) is 1. The molecule has 0 aliphatic carbocycles. The fraction of sp³-hybridized carbons (Fsp3) is 0.0769. The van der Waals surface area contributed by atoms with E-state index in [1.165, 1.54) is 0 Å². The van der Waals surface area contributed by atoms with Gasteiger partial charge in [-0.1, -0.05) is 28.1 Å². The summed E-state index contributed by atoms with van der Waals surface area (Å²) < 4.78 is 1.04. The van der Waals surface area contributed by atoms with E-state index in [4.69, 9.17) is 0 Å². The summed E-state index contributed by atoms with van der Waals surface area (Å²) in [5.74, 6) is 0.850. The van der Waals surface area contributed by atoms with Gasteiger partial charge in [0.15, 0.2) is 5.65 Å². The van der Waals surface area contributed by atoms with Gasteiger partial charge in [0, 0.05) is 16.2 Å². The van der Waals surface area contributed by atoms with Gasteiger partial charge in [0.25, 0.3) is 0 Å². The van der Waals surface area contributed by atoms with E-state index < -0.39 is 0 Å². The lowest BCUT2D eigenvalue weighted by Crippen LogP contribution is -1.79. The van der Waals surface area contributed by atoms with Crippen molar-refractivity contribution in [1.29, 1.82) is 0 Å². The number of hydrogen-bond acceptors (Lipinski definition) is 2. The molecule has 0 aliphatic heterocycles. The first-order valence-electron chi connectivity index (χ1n) is 5.31. The van der Waals surface area contributed by atoms with Crippen molar-refractivity contribution >= 4 is 27.1 Å². The van der Waals surface area contributed by atoms with Gasteiger partial charge in [-0.05, 0) is 30.7 Å². The predicted octanol–water partition coefficient (Wildman–Crippen LogP) is 3.70. The Hall–Kier alpha value is -1.68. The smallest absolute Gasteiger partial charge is 0.178 e. The molecule has 0 unspecified atom stereocenters. The van der Waals surface area contributed by atoms with Crippen molar-refractivity contribution in [2.75, 3.05) is 0 Å². The summed E-state index contributed by atoms with van der Waals surface area (Å²) in [6, 6.07) is 10.0. The standard InChI is InChI=1S/C13H10BrN3/c1-8-5-6-15-13-11(8)16-12(17-13)9-3-2-4-10(14)7-9/h2-7H,1H3,(H,15,16,17). The van der Waals surface area contributed by atoms with Crippen LogP contribution in [0.3, 0.4) is 0 Å². The number of rotatable bonds is 1. The summed E-state index contributed by atoms with van der Waals surface area (Å²) in [5, 5.41) is 0. The zero-order chi connectivity index (χ0) is 11.8. The van der Waals surface area contributed by atoms with Crippen molar-refractivity contribution in [2.24, 2.45) is 0 Å². The van der Waals surface area contributed by atoms with E-state index in [2.05, 4.69) is 30.9 Å². The van der Waals surface area contributed by atoms with Crippen LogP contribution in [0.1, 0.15) is 5.56 Å². The van der Waals surface area contributed by atoms with Gasteiger partial charge in [0.1, 0.15) is 5.82 Å². The Kier molecular flexibility index (Phi) is 2.44. The first-order chi connectivity index (χ1) is 8.24. The van der Waals surface area contributed by atoms with E-state index in [-0.39, 0.29) is 0 Å². The maximum absolute atomic E-state index is 4.50. The number of fused-ring (bicyclic) bond motifs is 1. The molecule has 2 aromatic heterocycles. The third kappa shape index (κ3) is 1.85. The Balaban J connectivity index is 2.22. The Morgan fingerprint density at radius 1 is 1.24 bits per heavy atom. The molecule has 0 radical (unpaired) electrons. The molecular formula is C13H10BrN3. The summed E-state index contributed by atoms with van der Waals surface area (Å²) in [7, 11) is 0. The van der Waals surface area contributed by atoms with Crippen LogP contribution >= 0.6 is 15.9 Å². The second-order valence-electron chi connectivity index (χ2n) is 3.92. The van der Waals surface area contributed by atoms with Crippen molar-refractivity contribution in [3.63, 3.8) is 0 Å². The van der Waals surface area contributed by atoms with Crippen LogP contribution in [0.4, 0.5) is 0 Å². The van der Waals surface area contributed by atoms with Crippen molar-refractivity contribution in [1.82, 2.24) is 15.0 Å². The second-order valence-corrected chi connectivity index (χ2v) is 4.84. The molecule has 2 heterocycles. The molecule has 1 N–H and O–H groups in total. The molecule has 84 valence electrons. The number of nitrogens with one attached hydrogen (secondary N) is 1. The van der Waals surface area contributed by atoms with Gasteiger partial charge in [-0.2, -0.15) is 0 Å². The molecule has 17 heavy (non-hydrogen) atoms. The van der Waals surface area contributed by atoms with E-state index >= 15 is 0 Å². The fourth-order valence-corrected chi connectivity index (χ4v) is 2.21. The number of benzene rings is 1. The maximum atomic E-state index is 4.50. The minimum atomic E-state index is 0.764. The van der Waals surface area contributed by atoms with Crippen LogP contribution < -0.4 is 0 Å². The number of imidazole rings is 1. The Bertz CT molecular complexity index is 688. The first-order valence-corrected chi connectivity index (χ1v) is 6.10. The molecule has 0 atom stereocenters. The van der Waals surface area contributed by atoms with Gasteiger partial charge in [-0.25, -0.2) is 9.97 Å². The highest BCUT2D eigenvalue weighted by Gasteiger charge is 2.07. The molecule has 0 amide bonds. The lowest BCUT2D eigenvalue weighted by atomic mass is 10.2. The number of aromatic amines is 1. The molecule has 0 saturated carbocycles. The van der Waals surface area contributed by atoms with Crippen molar-refractivity contribution in [2.45, 2.75) is 6.92 Å². The van der Waals surface area contributed by atoms with E-state index in [0.29, 0.717) is 0 Å². The highest BCUT2D eigenvalue weighted by Crippen LogP contribution is 2.23. The Morgan fingerprint density at radius 3 is 2.88 bits per heavy atom. The summed E-state index contributed by atoms with van der Waals surface area (Å²) in [4.78, 5) is 12.1. The van der Waals surface area contributed by atoms with Crippen molar-refractivity contribution in [3.8, 4) is 11.4 Å². The second kappa shape index (κ2) is 3.96. The van der Waals surface area contributed by atoms with Crippen LogP contribution in [0.5, 0.6) is 0 Å². The fourth-order valence-electron chi connectivity index (χ4n) is 1.81. The molecule has 0 saturated heterocycles. The number of aryl methyl sites for hydroxylation is 1. The Morgan fingerprint density at radius 2 is 2.12 bits per heavy atom. The number of aromatic nitrogens is 3. The van der Waals surface area contributed by atoms with E-state index in [1.54, 1.807) is 6.20 Å². The van der Waals surface area contributed by atoms with Gasteiger partial charge in [0.05, 0.1) is 5.52 Å². The molecular weight excluding hydrogens is 278 g/mol. The topological polar surface area (TPSA) is 41.6 Å². The minimum absolute atomic E-state index is 0.764. The molecule has 3 rings (SSSR count). The number of nitrogens with zero attached hydrogens (tertiary/aromatic N) is 2. The lowest BCUT2D eigenvalue weighted by Gasteiger charge is -1.96. The van der Waals surface area contributed by atoms with Crippen LogP contribution in [0.2, 0.25) is 0 Å². The monoisotopic (exact) mass is 287 g/mol.